The normalized spacial score (nSPS) is 10.8. The van der Waals surface area contributed by atoms with Crippen LogP contribution < -0.4 is 5.32 Å². The van der Waals surface area contributed by atoms with Crippen LogP contribution in [0.1, 0.15) is 18.4 Å². The number of pyridine rings is 2. The van der Waals surface area contributed by atoms with E-state index in [4.69, 9.17) is 0 Å². The van der Waals surface area contributed by atoms with Gasteiger partial charge < -0.3 is 5.32 Å². The van der Waals surface area contributed by atoms with E-state index < -0.39 is 0 Å². The van der Waals surface area contributed by atoms with E-state index in [-0.39, 0.29) is 11.7 Å². The van der Waals surface area contributed by atoms with E-state index in [1.807, 2.05) is 48.5 Å². The molecule has 0 unspecified atom stereocenters. The van der Waals surface area contributed by atoms with Gasteiger partial charge in [-0.25, -0.2) is 4.39 Å². The second kappa shape index (κ2) is 8.61. The molecule has 144 valence electrons. The number of anilines is 1. The third kappa shape index (κ3) is 4.63. The summed E-state index contributed by atoms with van der Waals surface area (Å²) in [4.78, 5) is 20.2. The fourth-order valence-corrected chi connectivity index (χ4v) is 3.28. The summed E-state index contributed by atoms with van der Waals surface area (Å²) in [6, 6.07) is 18.5. The first-order chi connectivity index (χ1) is 14.2. The minimum absolute atomic E-state index is 0.0264. The van der Waals surface area contributed by atoms with Gasteiger partial charge in [-0.1, -0.05) is 30.3 Å². The lowest BCUT2D eigenvalue weighted by Gasteiger charge is -2.08. The van der Waals surface area contributed by atoms with Gasteiger partial charge in [0.05, 0.1) is 17.4 Å². The Morgan fingerprint density at radius 1 is 1.00 bits per heavy atom. The molecule has 4 aromatic rings. The lowest BCUT2D eigenvalue weighted by atomic mass is 9.99. The van der Waals surface area contributed by atoms with Crippen molar-refractivity contribution in [3.8, 4) is 11.1 Å². The number of halogens is 1. The molecule has 2 heterocycles. The van der Waals surface area contributed by atoms with Gasteiger partial charge >= 0.3 is 0 Å². The van der Waals surface area contributed by atoms with E-state index in [1.54, 1.807) is 24.7 Å². The van der Waals surface area contributed by atoms with E-state index in [1.165, 1.54) is 6.07 Å². The van der Waals surface area contributed by atoms with Crippen molar-refractivity contribution in [2.45, 2.75) is 19.3 Å². The summed E-state index contributed by atoms with van der Waals surface area (Å²) in [5, 5.41) is 3.74. The number of amides is 1. The molecule has 0 fully saturated rings. The molecule has 5 heteroatoms. The van der Waals surface area contributed by atoms with Crippen molar-refractivity contribution in [2.24, 2.45) is 0 Å². The van der Waals surface area contributed by atoms with Crippen LogP contribution in [0.3, 0.4) is 0 Å². The van der Waals surface area contributed by atoms with Crippen molar-refractivity contribution >= 4 is 22.5 Å². The SMILES string of the molecule is O=C(CCCc1ccc(-c2cc3cccnc3cc2F)cc1)Nc1cccnc1. The third-order valence-electron chi connectivity index (χ3n) is 4.77. The molecule has 0 saturated heterocycles. The number of rotatable bonds is 6. The van der Waals surface area contributed by atoms with Gasteiger partial charge in [-0.2, -0.15) is 0 Å². The van der Waals surface area contributed by atoms with Gasteiger partial charge in [0.25, 0.3) is 0 Å². The number of nitrogens with one attached hydrogen (secondary N) is 1. The van der Waals surface area contributed by atoms with Crippen LogP contribution in [-0.2, 0) is 11.2 Å². The van der Waals surface area contributed by atoms with Crippen molar-refractivity contribution in [1.29, 1.82) is 0 Å². The molecular weight excluding hydrogens is 365 g/mol. The van der Waals surface area contributed by atoms with Crippen LogP contribution in [-0.4, -0.2) is 15.9 Å². The summed E-state index contributed by atoms with van der Waals surface area (Å²) >= 11 is 0. The first-order valence-corrected chi connectivity index (χ1v) is 9.52. The summed E-state index contributed by atoms with van der Waals surface area (Å²) < 4.78 is 14.5. The van der Waals surface area contributed by atoms with E-state index >= 15 is 0 Å². The molecule has 1 N–H and O–H groups in total. The minimum atomic E-state index is -0.281. The highest BCUT2D eigenvalue weighted by molar-refractivity contribution is 5.90. The molecule has 2 aromatic carbocycles. The average molecular weight is 385 g/mol. The average Bonchev–Trinajstić information content (AvgIpc) is 2.74. The molecule has 2 aromatic heterocycles. The number of benzene rings is 2. The Labute approximate surface area is 168 Å². The van der Waals surface area contributed by atoms with Crippen LogP contribution in [0.25, 0.3) is 22.0 Å². The third-order valence-corrected chi connectivity index (χ3v) is 4.77. The predicted molar refractivity (Wildman–Crippen MR) is 113 cm³/mol. The maximum Gasteiger partial charge on any atom is 0.224 e. The summed E-state index contributed by atoms with van der Waals surface area (Å²) in [5.74, 6) is -0.308. The van der Waals surface area contributed by atoms with Crippen molar-refractivity contribution in [1.82, 2.24) is 9.97 Å². The van der Waals surface area contributed by atoms with Gasteiger partial charge in [0.15, 0.2) is 0 Å². The molecule has 0 aliphatic heterocycles. The molecule has 0 aliphatic carbocycles. The summed E-state index contributed by atoms with van der Waals surface area (Å²) in [6.45, 7) is 0. The Balaban J connectivity index is 1.37. The molecule has 0 atom stereocenters. The molecule has 0 aliphatic rings. The van der Waals surface area contributed by atoms with E-state index in [2.05, 4.69) is 15.3 Å². The first kappa shape index (κ1) is 18.7. The number of fused-ring (bicyclic) bond motifs is 1. The number of aromatic nitrogens is 2. The smallest absolute Gasteiger partial charge is 0.224 e. The monoisotopic (exact) mass is 385 g/mol. The Hall–Kier alpha value is -3.60. The van der Waals surface area contributed by atoms with Crippen LogP contribution in [0.15, 0.2) is 79.3 Å². The van der Waals surface area contributed by atoms with E-state index in [9.17, 15) is 9.18 Å². The summed E-state index contributed by atoms with van der Waals surface area (Å²) in [6.07, 6.45) is 6.90. The standard InChI is InChI=1S/C24H20FN3O/c25-22-15-23-19(5-2-13-27-23)14-21(22)18-10-8-17(9-11-18)4-1-7-24(29)28-20-6-3-12-26-16-20/h2-3,5-6,8-16H,1,4,7H2,(H,28,29). The van der Waals surface area contributed by atoms with Gasteiger partial charge in [0.2, 0.25) is 5.91 Å². The Kier molecular flexibility index (Phi) is 5.56. The molecular formula is C24H20FN3O. The lowest BCUT2D eigenvalue weighted by molar-refractivity contribution is -0.116. The van der Waals surface area contributed by atoms with Crippen molar-refractivity contribution < 1.29 is 9.18 Å². The van der Waals surface area contributed by atoms with Crippen molar-refractivity contribution in [3.63, 3.8) is 0 Å². The molecule has 0 spiro atoms. The van der Waals surface area contributed by atoms with Gasteiger partial charge in [-0.3, -0.25) is 14.8 Å². The highest BCUT2D eigenvalue weighted by Gasteiger charge is 2.08. The fourth-order valence-electron chi connectivity index (χ4n) is 3.28. The van der Waals surface area contributed by atoms with Gasteiger partial charge in [0, 0.05) is 35.8 Å². The largest absolute Gasteiger partial charge is 0.325 e. The van der Waals surface area contributed by atoms with Crippen LogP contribution in [0.2, 0.25) is 0 Å². The maximum atomic E-state index is 14.5. The molecule has 0 radical (unpaired) electrons. The molecule has 0 saturated carbocycles. The first-order valence-electron chi connectivity index (χ1n) is 9.52. The molecule has 4 nitrogen and oxygen atoms in total. The van der Waals surface area contributed by atoms with E-state index in [0.717, 1.165) is 29.4 Å². The Morgan fingerprint density at radius 2 is 1.83 bits per heavy atom. The molecule has 4 rings (SSSR count). The molecule has 29 heavy (non-hydrogen) atoms. The van der Waals surface area contributed by atoms with Gasteiger partial charge in [0.1, 0.15) is 5.82 Å². The highest BCUT2D eigenvalue weighted by Crippen LogP contribution is 2.27. The van der Waals surface area contributed by atoms with Crippen LogP contribution >= 0.6 is 0 Å². The number of carbonyl (C=O) groups excluding carboxylic acids is 1. The van der Waals surface area contributed by atoms with Gasteiger partial charge in [-0.05, 0) is 48.2 Å². The zero-order chi connectivity index (χ0) is 20.1. The van der Waals surface area contributed by atoms with Crippen LogP contribution in [0.4, 0.5) is 10.1 Å². The quantitative estimate of drug-likeness (QED) is 0.484. The summed E-state index contributed by atoms with van der Waals surface area (Å²) in [7, 11) is 0. The topological polar surface area (TPSA) is 54.9 Å². The highest BCUT2D eigenvalue weighted by atomic mass is 19.1. The second-order valence-corrected chi connectivity index (χ2v) is 6.87. The van der Waals surface area contributed by atoms with Crippen molar-refractivity contribution in [3.05, 3.63) is 90.6 Å². The number of carbonyl (C=O) groups is 1. The number of nitrogens with zero attached hydrogens (tertiary/aromatic N) is 2. The maximum absolute atomic E-state index is 14.5. The van der Waals surface area contributed by atoms with Gasteiger partial charge in [-0.15, -0.1) is 0 Å². The zero-order valence-electron chi connectivity index (χ0n) is 15.8. The Morgan fingerprint density at radius 3 is 2.62 bits per heavy atom. The predicted octanol–water partition coefficient (Wildman–Crippen LogP) is 5.40. The fraction of sp³-hybridized carbons (Fsp3) is 0.125. The van der Waals surface area contributed by atoms with Crippen molar-refractivity contribution in [2.75, 3.05) is 5.32 Å². The lowest BCUT2D eigenvalue weighted by Crippen LogP contribution is -2.11. The summed E-state index contributed by atoms with van der Waals surface area (Å²) in [5.41, 5.74) is 3.86. The second-order valence-electron chi connectivity index (χ2n) is 6.87. The Bertz CT molecular complexity index is 1130. The molecule has 1 amide bonds. The zero-order valence-corrected chi connectivity index (χ0v) is 15.8. The number of aryl methyl sites for hydroxylation is 1. The minimum Gasteiger partial charge on any atom is -0.325 e. The number of hydrogen-bond acceptors (Lipinski definition) is 3. The molecule has 0 bridgehead atoms. The number of hydrogen-bond donors (Lipinski definition) is 1. The van der Waals surface area contributed by atoms with E-state index in [0.29, 0.717) is 23.2 Å². The van der Waals surface area contributed by atoms with Crippen LogP contribution in [0, 0.1) is 5.82 Å². The van der Waals surface area contributed by atoms with Crippen LogP contribution in [0.5, 0.6) is 0 Å².